The van der Waals surface area contributed by atoms with Crippen LogP contribution in [0.15, 0.2) is 47.4 Å². The van der Waals surface area contributed by atoms with Crippen LogP contribution < -0.4 is 9.04 Å². The van der Waals surface area contributed by atoms with Crippen molar-refractivity contribution < 1.29 is 23.1 Å². The normalized spacial score (nSPS) is 11.1. The minimum atomic E-state index is -4.16. The van der Waals surface area contributed by atoms with E-state index in [0.29, 0.717) is 5.02 Å². The Morgan fingerprint density at radius 1 is 1.12 bits per heavy atom. The Bertz CT molecular complexity index is 853. The second kappa shape index (κ2) is 7.29. The highest BCUT2D eigenvalue weighted by Crippen LogP contribution is 2.34. The Hall–Kier alpha value is -1.96. The third-order valence-electron chi connectivity index (χ3n) is 3.09. The molecule has 0 aromatic heterocycles. The lowest BCUT2D eigenvalue weighted by Crippen LogP contribution is -2.36. The number of nitrogens with zero attached hydrogens (tertiary/aromatic N) is 1. The molecule has 24 heavy (non-hydrogen) atoms. The summed E-state index contributed by atoms with van der Waals surface area (Å²) in [4.78, 5) is 11.1. The summed E-state index contributed by atoms with van der Waals surface area (Å²) in [6.07, 6.45) is 0. The first kappa shape index (κ1) is 18.4. The zero-order chi connectivity index (χ0) is 17.9. The molecule has 6 nitrogen and oxygen atoms in total. The number of benzene rings is 2. The summed E-state index contributed by atoms with van der Waals surface area (Å²) < 4.78 is 31.6. The number of carbonyl (C=O) groups is 1. The maximum atomic E-state index is 12.9. The van der Waals surface area contributed by atoms with Gasteiger partial charge in [0.15, 0.2) is 0 Å². The van der Waals surface area contributed by atoms with Crippen LogP contribution in [0, 0.1) is 0 Å². The van der Waals surface area contributed by atoms with Gasteiger partial charge in [-0.1, -0.05) is 23.2 Å². The Balaban J connectivity index is 2.63. The number of aliphatic carboxylic acids is 1. The molecule has 0 spiro atoms. The van der Waals surface area contributed by atoms with Gasteiger partial charge in [0, 0.05) is 10.0 Å². The molecule has 0 amide bonds. The average molecular weight is 390 g/mol. The molecule has 2 aromatic rings. The molecule has 0 aliphatic heterocycles. The molecule has 2 aromatic carbocycles. The van der Waals surface area contributed by atoms with Gasteiger partial charge in [-0.25, -0.2) is 8.42 Å². The second-order valence-electron chi connectivity index (χ2n) is 4.68. The van der Waals surface area contributed by atoms with Crippen LogP contribution in [0.4, 0.5) is 5.69 Å². The summed E-state index contributed by atoms with van der Waals surface area (Å²) in [5.41, 5.74) is 0.0300. The van der Waals surface area contributed by atoms with Gasteiger partial charge in [0.25, 0.3) is 10.0 Å². The minimum absolute atomic E-state index is 0.0300. The number of hydrogen-bond acceptors (Lipinski definition) is 4. The van der Waals surface area contributed by atoms with Gasteiger partial charge in [-0.2, -0.15) is 0 Å². The van der Waals surface area contributed by atoms with Gasteiger partial charge in [-0.3, -0.25) is 9.10 Å². The van der Waals surface area contributed by atoms with Crippen molar-refractivity contribution in [3.05, 3.63) is 52.5 Å². The van der Waals surface area contributed by atoms with Gasteiger partial charge in [0.1, 0.15) is 12.3 Å². The van der Waals surface area contributed by atoms with Gasteiger partial charge < -0.3 is 9.84 Å². The zero-order valence-corrected chi connectivity index (χ0v) is 14.8. The summed E-state index contributed by atoms with van der Waals surface area (Å²) in [5, 5.41) is 9.73. The van der Waals surface area contributed by atoms with Gasteiger partial charge in [-0.15, -0.1) is 0 Å². The average Bonchev–Trinajstić information content (AvgIpc) is 2.52. The van der Waals surface area contributed by atoms with E-state index >= 15 is 0 Å². The van der Waals surface area contributed by atoms with Crippen molar-refractivity contribution in [3.8, 4) is 5.75 Å². The van der Waals surface area contributed by atoms with Crippen LogP contribution >= 0.6 is 23.2 Å². The van der Waals surface area contributed by atoms with Crippen LogP contribution in [0.25, 0.3) is 0 Å². The number of hydrogen-bond donors (Lipinski definition) is 1. The summed E-state index contributed by atoms with van der Waals surface area (Å²) in [5.74, 6) is -1.15. The fraction of sp³-hybridized carbons (Fsp3) is 0.133. The highest BCUT2D eigenvalue weighted by molar-refractivity contribution is 7.92. The van der Waals surface area contributed by atoms with Crippen LogP contribution in [0.1, 0.15) is 0 Å². The van der Waals surface area contributed by atoms with E-state index in [1.807, 2.05) is 0 Å². The molecule has 0 aliphatic rings. The van der Waals surface area contributed by atoms with Gasteiger partial charge in [0.2, 0.25) is 0 Å². The van der Waals surface area contributed by atoms with Crippen molar-refractivity contribution in [1.82, 2.24) is 0 Å². The van der Waals surface area contributed by atoms with Crippen molar-refractivity contribution in [2.75, 3.05) is 18.0 Å². The Labute approximate surface area is 149 Å². The fourth-order valence-corrected chi connectivity index (χ4v) is 3.72. The van der Waals surface area contributed by atoms with Crippen LogP contribution in [0.2, 0.25) is 10.0 Å². The van der Waals surface area contributed by atoms with E-state index in [-0.39, 0.29) is 21.4 Å². The highest BCUT2D eigenvalue weighted by atomic mass is 35.5. The highest BCUT2D eigenvalue weighted by Gasteiger charge is 2.29. The molecule has 2 rings (SSSR count). The first-order valence-corrected chi connectivity index (χ1v) is 8.79. The molecule has 0 saturated carbocycles. The number of anilines is 1. The summed E-state index contributed by atoms with van der Waals surface area (Å²) in [6.45, 7) is -0.790. The predicted octanol–water partition coefficient (Wildman–Crippen LogP) is 3.28. The van der Waals surface area contributed by atoms with E-state index in [2.05, 4.69) is 0 Å². The SMILES string of the molecule is COc1ccc(Cl)cc1N(CC(=O)O)S(=O)(=O)c1ccc(Cl)cc1. The first-order chi connectivity index (χ1) is 11.3. The van der Waals surface area contributed by atoms with Crippen LogP contribution in [0.5, 0.6) is 5.75 Å². The van der Waals surface area contributed by atoms with Crippen molar-refractivity contribution in [1.29, 1.82) is 0 Å². The molecule has 0 heterocycles. The van der Waals surface area contributed by atoms with E-state index in [1.54, 1.807) is 0 Å². The maximum absolute atomic E-state index is 12.9. The summed E-state index contributed by atoms with van der Waals surface area (Å²) in [7, 11) is -2.81. The molecule has 0 fully saturated rings. The Kier molecular flexibility index (Phi) is 5.58. The lowest BCUT2D eigenvalue weighted by molar-refractivity contribution is -0.135. The van der Waals surface area contributed by atoms with E-state index < -0.39 is 22.5 Å². The van der Waals surface area contributed by atoms with Crippen LogP contribution in [-0.4, -0.2) is 33.1 Å². The van der Waals surface area contributed by atoms with Gasteiger partial charge >= 0.3 is 5.97 Å². The number of methoxy groups -OCH3 is 1. The molecule has 128 valence electrons. The quantitative estimate of drug-likeness (QED) is 0.819. The standard InChI is InChI=1S/C15H13Cl2NO5S/c1-23-14-7-4-11(17)8-13(14)18(9-15(19)20)24(21,22)12-5-2-10(16)3-6-12/h2-8H,9H2,1H3,(H,19,20). The lowest BCUT2D eigenvalue weighted by Gasteiger charge is -2.24. The van der Waals surface area contributed by atoms with Crippen molar-refractivity contribution in [2.45, 2.75) is 4.90 Å². The van der Waals surface area contributed by atoms with Gasteiger partial charge in [0.05, 0.1) is 17.7 Å². The third-order valence-corrected chi connectivity index (χ3v) is 5.35. The van der Waals surface area contributed by atoms with Crippen molar-refractivity contribution >= 4 is 44.9 Å². The number of halogens is 2. The fourth-order valence-electron chi connectivity index (χ4n) is 2.01. The molecular formula is C15H13Cl2NO5S. The van der Waals surface area contributed by atoms with E-state index in [1.165, 1.54) is 49.6 Å². The minimum Gasteiger partial charge on any atom is -0.495 e. The number of carboxylic acids is 1. The van der Waals surface area contributed by atoms with Crippen molar-refractivity contribution in [3.63, 3.8) is 0 Å². The number of carboxylic acid groups (broad SMARTS) is 1. The molecule has 0 radical (unpaired) electrons. The predicted molar refractivity (Wildman–Crippen MR) is 91.6 cm³/mol. The molecule has 0 bridgehead atoms. The maximum Gasteiger partial charge on any atom is 0.324 e. The first-order valence-electron chi connectivity index (χ1n) is 6.59. The van der Waals surface area contributed by atoms with Gasteiger partial charge in [-0.05, 0) is 42.5 Å². The van der Waals surface area contributed by atoms with E-state index in [4.69, 9.17) is 33.0 Å². The molecular weight excluding hydrogens is 377 g/mol. The Morgan fingerprint density at radius 3 is 2.25 bits per heavy atom. The molecule has 1 N–H and O–H groups in total. The number of sulfonamides is 1. The van der Waals surface area contributed by atoms with E-state index in [0.717, 1.165) is 4.31 Å². The Morgan fingerprint density at radius 2 is 1.71 bits per heavy atom. The van der Waals surface area contributed by atoms with Crippen LogP contribution in [0.3, 0.4) is 0 Å². The second-order valence-corrected chi connectivity index (χ2v) is 7.41. The molecule has 9 heteroatoms. The van der Waals surface area contributed by atoms with E-state index in [9.17, 15) is 13.2 Å². The number of ether oxygens (including phenoxy) is 1. The largest absolute Gasteiger partial charge is 0.495 e. The summed E-state index contributed by atoms with van der Waals surface area (Å²) >= 11 is 11.7. The molecule has 0 atom stereocenters. The molecule has 0 aliphatic carbocycles. The monoisotopic (exact) mass is 389 g/mol. The summed E-state index contributed by atoms with van der Waals surface area (Å²) in [6, 6.07) is 9.71. The number of rotatable bonds is 6. The van der Waals surface area contributed by atoms with Crippen molar-refractivity contribution in [2.24, 2.45) is 0 Å². The lowest BCUT2D eigenvalue weighted by atomic mass is 10.3. The zero-order valence-electron chi connectivity index (χ0n) is 12.4. The smallest absolute Gasteiger partial charge is 0.324 e. The third kappa shape index (κ3) is 3.92. The molecule has 0 unspecified atom stereocenters. The topological polar surface area (TPSA) is 83.9 Å². The molecule has 0 saturated heterocycles. The van der Waals surface area contributed by atoms with Crippen LogP contribution in [-0.2, 0) is 14.8 Å².